The molecule has 0 bridgehead atoms. The topological polar surface area (TPSA) is 52.6 Å². The number of halogens is 1. The van der Waals surface area contributed by atoms with Gasteiger partial charge in [0, 0.05) is 6.92 Å². The minimum absolute atomic E-state index is 0.00667. The number of alkyl halides is 1. The molecule has 0 aromatic carbocycles. The van der Waals surface area contributed by atoms with Gasteiger partial charge in [0.2, 0.25) is 6.36 Å². The number of hydrogen-bond acceptors (Lipinski definition) is 4. The smallest absolute Gasteiger partial charge is 0.306 e. The molecule has 12 heavy (non-hydrogen) atoms. The second-order valence-electron chi connectivity index (χ2n) is 2.61. The summed E-state index contributed by atoms with van der Waals surface area (Å²) in [6.07, 6.45) is -1.75. The second kappa shape index (κ2) is 3.51. The van der Waals surface area contributed by atoms with Gasteiger partial charge >= 0.3 is 11.9 Å². The molecule has 5 heteroatoms. The Morgan fingerprint density at radius 3 is 2.92 bits per heavy atom. The van der Waals surface area contributed by atoms with Crippen LogP contribution in [0.2, 0.25) is 0 Å². The van der Waals surface area contributed by atoms with Crippen LogP contribution < -0.4 is 0 Å². The van der Waals surface area contributed by atoms with Crippen LogP contribution in [0.25, 0.3) is 0 Å². The Morgan fingerprint density at radius 1 is 1.83 bits per heavy atom. The van der Waals surface area contributed by atoms with Gasteiger partial charge in [-0.1, -0.05) is 0 Å². The second-order valence-corrected chi connectivity index (χ2v) is 2.61. The van der Waals surface area contributed by atoms with Gasteiger partial charge in [-0.2, -0.15) is 0 Å². The summed E-state index contributed by atoms with van der Waals surface area (Å²) in [5.41, 5.74) is 0. The minimum Gasteiger partial charge on any atom is -0.465 e. The maximum atomic E-state index is 12.9. The van der Waals surface area contributed by atoms with Gasteiger partial charge < -0.3 is 9.47 Å². The van der Waals surface area contributed by atoms with Crippen LogP contribution in [0.4, 0.5) is 4.39 Å². The van der Waals surface area contributed by atoms with Crippen molar-refractivity contribution in [3.8, 4) is 0 Å². The van der Waals surface area contributed by atoms with Crippen LogP contribution in [0.3, 0.4) is 0 Å². The van der Waals surface area contributed by atoms with Crippen molar-refractivity contribution in [3.05, 3.63) is 0 Å². The number of carbonyl (C=O) groups excluding carboxylic acids is 2. The Morgan fingerprint density at radius 2 is 2.50 bits per heavy atom. The first-order valence-corrected chi connectivity index (χ1v) is 3.56. The molecule has 4 nitrogen and oxygen atoms in total. The third-order valence-corrected chi connectivity index (χ3v) is 1.54. The molecular weight excluding hydrogens is 167 g/mol. The third-order valence-electron chi connectivity index (χ3n) is 1.54. The predicted molar refractivity (Wildman–Crippen MR) is 35.7 cm³/mol. The molecular formula is C7H9FO4. The summed E-state index contributed by atoms with van der Waals surface area (Å²) in [4.78, 5) is 20.8. The zero-order valence-electron chi connectivity index (χ0n) is 6.58. The molecule has 1 aliphatic heterocycles. The molecule has 2 unspecified atom stereocenters. The van der Waals surface area contributed by atoms with E-state index >= 15 is 0 Å². The van der Waals surface area contributed by atoms with Gasteiger partial charge in [-0.05, 0) is 0 Å². The summed E-state index contributed by atoms with van der Waals surface area (Å²) in [5.74, 6) is -1.78. The Hall–Kier alpha value is -1.13. The SMILES string of the molecule is CC(=O)OC(F)C1COC(=O)C1. The molecule has 0 radical (unpaired) electrons. The molecule has 0 saturated carbocycles. The summed E-state index contributed by atoms with van der Waals surface area (Å²) >= 11 is 0. The maximum absolute atomic E-state index is 12.9. The molecule has 0 amide bonds. The van der Waals surface area contributed by atoms with Gasteiger partial charge in [0.1, 0.15) is 6.61 Å². The average molecular weight is 176 g/mol. The number of ether oxygens (including phenoxy) is 2. The van der Waals surface area contributed by atoms with Gasteiger partial charge in [0.15, 0.2) is 0 Å². The highest BCUT2D eigenvalue weighted by molar-refractivity contribution is 5.71. The standard InChI is InChI=1S/C7H9FO4/c1-4(9)12-7(8)5-2-6(10)11-3-5/h5,7H,2-3H2,1H3. The lowest BCUT2D eigenvalue weighted by Gasteiger charge is -2.11. The number of hydrogen-bond donors (Lipinski definition) is 0. The van der Waals surface area contributed by atoms with Crippen molar-refractivity contribution in [3.63, 3.8) is 0 Å². The molecule has 0 N–H and O–H groups in total. The van der Waals surface area contributed by atoms with Crippen LogP contribution >= 0.6 is 0 Å². The lowest BCUT2D eigenvalue weighted by molar-refractivity contribution is -0.160. The average Bonchev–Trinajstić information content (AvgIpc) is 2.34. The van der Waals surface area contributed by atoms with Crippen LogP contribution in [0.1, 0.15) is 13.3 Å². The summed E-state index contributed by atoms with van der Waals surface area (Å²) in [5, 5.41) is 0. The van der Waals surface area contributed by atoms with Gasteiger partial charge in [0.25, 0.3) is 0 Å². The van der Waals surface area contributed by atoms with E-state index in [4.69, 9.17) is 0 Å². The first-order chi connectivity index (χ1) is 5.59. The monoisotopic (exact) mass is 176 g/mol. The van der Waals surface area contributed by atoms with Gasteiger partial charge in [-0.3, -0.25) is 9.59 Å². The number of rotatable bonds is 2. The third kappa shape index (κ3) is 2.18. The summed E-state index contributed by atoms with van der Waals surface area (Å²) < 4.78 is 21.6. The fourth-order valence-corrected chi connectivity index (χ4v) is 0.955. The predicted octanol–water partition coefficient (Wildman–Crippen LogP) is 0.408. The molecule has 1 fully saturated rings. The highest BCUT2D eigenvalue weighted by Gasteiger charge is 2.33. The van der Waals surface area contributed by atoms with Crippen molar-refractivity contribution in [1.82, 2.24) is 0 Å². The van der Waals surface area contributed by atoms with E-state index in [-0.39, 0.29) is 13.0 Å². The van der Waals surface area contributed by atoms with Gasteiger partial charge in [0.05, 0.1) is 12.3 Å². The minimum atomic E-state index is -1.73. The van der Waals surface area contributed by atoms with E-state index in [2.05, 4.69) is 9.47 Å². The zero-order chi connectivity index (χ0) is 9.14. The van der Waals surface area contributed by atoms with E-state index in [1.54, 1.807) is 0 Å². The fourth-order valence-electron chi connectivity index (χ4n) is 0.955. The molecule has 2 atom stereocenters. The first kappa shape index (κ1) is 8.96. The van der Waals surface area contributed by atoms with Crippen molar-refractivity contribution >= 4 is 11.9 Å². The van der Waals surface area contributed by atoms with Crippen LogP contribution in [0.5, 0.6) is 0 Å². The number of carbonyl (C=O) groups is 2. The first-order valence-electron chi connectivity index (χ1n) is 3.56. The molecule has 1 rings (SSSR count). The summed E-state index contributed by atoms with van der Waals surface area (Å²) in [6.45, 7) is 1.11. The Balaban J connectivity index is 2.37. The van der Waals surface area contributed by atoms with Crippen molar-refractivity contribution in [2.24, 2.45) is 5.92 Å². The Bertz CT molecular complexity index is 204. The largest absolute Gasteiger partial charge is 0.465 e. The van der Waals surface area contributed by atoms with Crippen molar-refractivity contribution in [2.75, 3.05) is 6.61 Å². The molecule has 0 aromatic rings. The van der Waals surface area contributed by atoms with E-state index in [0.717, 1.165) is 6.92 Å². The fraction of sp³-hybridized carbons (Fsp3) is 0.714. The number of esters is 2. The van der Waals surface area contributed by atoms with E-state index in [1.165, 1.54) is 0 Å². The van der Waals surface area contributed by atoms with E-state index in [1.807, 2.05) is 0 Å². The molecule has 1 aliphatic rings. The molecule has 0 aromatic heterocycles. The van der Waals surface area contributed by atoms with Crippen LogP contribution in [-0.4, -0.2) is 24.9 Å². The van der Waals surface area contributed by atoms with Crippen molar-refractivity contribution in [1.29, 1.82) is 0 Å². The lowest BCUT2D eigenvalue weighted by Crippen LogP contribution is -2.21. The normalized spacial score (nSPS) is 24.8. The van der Waals surface area contributed by atoms with Gasteiger partial charge in [-0.25, -0.2) is 4.39 Å². The highest BCUT2D eigenvalue weighted by atomic mass is 19.1. The maximum Gasteiger partial charge on any atom is 0.306 e. The lowest BCUT2D eigenvalue weighted by atomic mass is 10.1. The Labute approximate surface area is 68.6 Å². The van der Waals surface area contributed by atoms with E-state index in [9.17, 15) is 14.0 Å². The number of cyclic esters (lactones) is 1. The molecule has 0 aliphatic carbocycles. The quantitative estimate of drug-likeness (QED) is 0.572. The highest BCUT2D eigenvalue weighted by Crippen LogP contribution is 2.21. The molecule has 0 spiro atoms. The Kier molecular flexibility index (Phi) is 2.62. The van der Waals surface area contributed by atoms with Crippen molar-refractivity contribution in [2.45, 2.75) is 19.7 Å². The van der Waals surface area contributed by atoms with Gasteiger partial charge in [-0.15, -0.1) is 0 Å². The van der Waals surface area contributed by atoms with E-state index < -0.39 is 24.2 Å². The zero-order valence-corrected chi connectivity index (χ0v) is 6.58. The van der Waals surface area contributed by atoms with Crippen LogP contribution in [0.15, 0.2) is 0 Å². The van der Waals surface area contributed by atoms with E-state index in [0.29, 0.717) is 0 Å². The van der Waals surface area contributed by atoms with Crippen LogP contribution in [-0.2, 0) is 19.1 Å². The van der Waals surface area contributed by atoms with Crippen LogP contribution in [0, 0.1) is 5.92 Å². The summed E-state index contributed by atoms with van der Waals surface area (Å²) in [6, 6.07) is 0. The van der Waals surface area contributed by atoms with Crippen molar-refractivity contribution < 1.29 is 23.5 Å². The molecule has 1 heterocycles. The molecule has 1 saturated heterocycles. The molecule has 68 valence electrons. The summed E-state index contributed by atoms with van der Waals surface area (Å²) in [7, 11) is 0.